The molecule has 4 aromatic rings. The SMILES string of the molecule is Cc1ccc([C@@H](C(=O)NC2CCCC2)N(C(=O)c2snc(C(N)=O)c2N)c2cnc3ccccc3c2)cc1. The molecule has 5 rings (SSSR count). The fraction of sp³-hybridized carbons (Fsp3) is 0.250. The molecule has 0 unspecified atom stereocenters. The summed E-state index contributed by atoms with van der Waals surface area (Å²) in [6, 6.07) is 15.8. The molecule has 38 heavy (non-hydrogen) atoms. The minimum Gasteiger partial charge on any atom is -0.395 e. The minimum atomic E-state index is -1.02. The van der Waals surface area contributed by atoms with Crippen molar-refractivity contribution in [1.82, 2.24) is 14.7 Å². The Morgan fingerprint density at radius 2 is 1.79 bits per heavy atom. The number of hydrogen-bond donors (Lipinski definition) is 3. The summed E-state index contributed by atoms with van der Waals surface area (Å²) < 4.78 is 4.01. The zero-order valence-corrected chi connectivity index (χ0v) is 21.7. The maximum Gasteiger partial charge on any atom is 0.273 e. The molecule has 1 atom stereocenters. The van der Waals surface area contributed by atoms with Gasteiger partial charge in [-0.05, 0) is 49.0 Å². The number of para-hydroxylation sites is 1. The predicted molar refractivity (Wildman–Crippen MR) is 148 cm³/mol. The highest BCUT2D eigenvalue weighted by Crippen LogP contribution is 2.34. The van der Waals surface area contributed by atoms with E-state index in [-0.39, 0.29) is 28.2 Å². The molecule has 2 aromatic carbocycles. The van der Waals surface area contributed by atoms with Crippen LogP contribution in [0.25, 0.3) is 10.9 Å². The smallest absolute Gasteiger partial charge is 0.273 e. The van der Waals surface area contributed by atoms with Crippen LogP contribution in [0.1, 0.15) is 63.0 Å². The molecule has 1 aliphatic carbocycles. The van der Waals surface area contributed by atoms with Gasteiger partial charge in [-0.2, -0.15) is 4.37 Å². The summed E-state index contributed by atoms with van der Waals surface area (Å²) >= 11 is 0.780. The number of aryl methyl sites for hydroxylation is 1. The van der Waals surface area contributed by atoms with Crippen molar-refractivity contribution < 1.29 is 14.4 Å². The lowest BCUT2D eigenvalue weighted by atomic mass is 10.0. The second-order valence-corrected chi connectivity index (χ2v) is 10.3. The zero-order valence-electron chi connectivity index (χ0n) is 20.9. The van der Waals surface area contributed by atoms with Crippen LogP contribution in [0.4, 0.5) is 11.4 Å². The van der Waals surface area contributed by atoms with Crippen molar-refractivity contribution >= 4 is 51.5 Å². The lowest BCUT2D eigenvalue weighted by Gasteiger charge is -2.32. The van der Waals surface area contributed by atoms with Crippen molar-refractivity contribution in [1.29, 1.82) is 0 Å². The number of nitrogens with zero attached hydrogens (tertiary/aromatic N) is 3. The first-order valence-corrected chi connectivity index (χ1v) is 13.2. The van der Waals surface area contributed by atoms with Crippen LogP contribution in [0, 0.1) is 6.92 Å². The maximum atomic E-state index is 14.2. The number of amides is 3. The van der Waals surface area contributed by atoms with Gasteiger partial charge in [-0.3, -0.25) is 24.3 Å². The molecular weight excluding hydrogens is 500 g/mol. The average Bonchev–Trinajstić information content (AvgIpc) is 3.56. The van der Waals surface area contributed by atoms with Gasteiger partial charge in [-0.25, -0.2) is 0 Å². The van der Waals surface area contributed by atoms with Gasteiger partial charge in [0.05, 0.1) is 23.1 Å². The summed E-state index contributed by atoms with van der Waals surface area (Å²) in [5, 5.41) is 3.96. The van der Waals surface area contributed by atoms with E-state index in [1.165, 1.54) is 4.90 Å². The number of carbonyl (C=O) groups is 3. The third-order valence-corrected chi connectivity index (χ3v) is 7.68. The molecule has 1 saturated carbocycles. The van der Waals surface area contributed by atoms with Gasteiger partial charge < -0.3 is 16.8 Å². The number of pyridine rings is 1. The van der Waals surface area contributed by atoms with E-state index in [9.17, 15) is 14.4 Å². The second-order valence-electron chi connectivity index (χ2n) is 9.50. The summed E-state index contributed by atoms with van der Waals surface area (Å²) in [5.41, 5.74) is 14.1. The Bertz CT molecular complexity index is 1510. The van der Waals surface area contributed by atoms with E-state index >= 15 is 0 Å². The number of rotatable bonds is 7. The number of fused-ring (bicyclic) bond motifs is 1. The number of benzene rings is 2. The van der Waals surface area contributed by atoms with E-state index in [0.29, 0.717) is 11.3 Å². The number of nitrogen functional groups attached to an aromatic ring is 1. The lowest BCUT2D eigenvalue weighted by Crippen LogP contribution is -2.46. The summed E-state index contributed by atoms with van der Waals surface area (Å²) in [6.45, 7) is 1.96. The van der Waals surface area contributed by atoms with Gasteiger partial charge in [0.1, 0.15) is 10.9 Å². The van der Waals surface area contributed by atoms with Gasteiger partial charge in [0.2, 0.25) is 5.91 Å². The van der Waals surface area contributed by atoms with Gasteiger partial charge in [0, 0.05) is 11.4 Å². The monoisotopic (exact) mass is 528 g/mol. The van der Waals surface area contributed by atoms with Crippen LogP contribution in [0.15, 0.2) is 60.8 Å². The van der Waals surface area contributed by atoms with E-state index in [0.717, 1.165) is 53.7 Å². The number of hydrogen-bond acceptors (Lipinski definition) is 7. The van der Waals surface area contributed by atoms with Crippen molar-refractivity contribution in [3.63, 3.8) is 0 Å². The van der Waals surface area contributed by atoms with Crippen LogP contribution in [0.5, 0.6) is 0 Å². The molecule has 1 fully saturated rings. The van der Waals surface area contributed by atoms with Crippen molar-refractivity contribution in [3.05, 3.63) is 82.5 Å². The largest absolute Gasteiger partial charge is 0.395 e. The third-order valence-electron chi connectivity index (χ3n) is 6.83. The van der Waals surface area contributed by atoms with Crippen molar-refractivity contribution in [2.45, 2.75) is 44.7 Å². The Hall–Kier alpha value is -4.31. The van der Waals surface area contributed by atoms with Crippen molar-refractivity contribution in [2.24, 2.45) is 5.73 Å². The first-order chi connectivity index (χ1) is 18.3. The van der Waals surface area contributed by atoms with Crippen LogP contribution in [-0.4, -0.2) is 33.1 Å². The number of carbonyl (C=O) groups excluding carboxylic acids is 3. The van der Waals surface area contributed by atoms with Gasteiger partial charge in [-0.1, -0.05) is 60.9 Å². The highest BCUT2D eigenvalue weighted by molar-refractivity contribution is 7.09. The Morgan fingerprint density at radius 1 is 1.08 bits per heavy atom. The van der Waals surface area contributed by atoms with Crippen LogP contribution < -0.4 is 21.7 Å². The van der Waals surface area contributed by atoms with Crippen LogP contribution in [-0.2, 0) is 4.79 Å². The number of nitrogens with two attached hydrogens (primary N) is 2. The summed E-state index contributed by atoms with van der Waals surface area (Å²) in [7, 11) is 0. The van der Waals surface area contributed by atoms with Crippen LogP contribution >= 0.6 is 11.5 Å². The normalized spacial score (nSPS) is 14.3. The number of aromatic nitrogens is 2. The van der Waals surface area contributed by atoms with E-state index < -0.39 is 17.9 Å². The molecule has 3 amide bonds. The van der Waals surface area contributed by atoms with Gasteiger partial charge in [0.25, 0.3) is 11.8 Å². The maximum absolute atomic E-state index is 14.2. The molecule has 194 valence electrons. The van der Waals surface area contributed by atoms with Gasteiger partial charge in [0.15, 0.2) is 5.69 Å². The number of nitrogens with one attached hydrogen (secondary N) is 1. The van der Waals surface area contributed by atoms with Crippen molar-refractivity contribution in [2.75, 3.05) is 10.6 Å². The van der Waals surface area contributed by atoms with Crippen molar-refractivity contribution in [3.8, 4) is 0 Å². The lowest BCUT2D eigenvalue weighted by molar-refractivity contribution is -0.123. The third kappa shape index (κ3) is 4.95. The molecule has 10 heteroatoms. The van der Waals surface area contributed by atoms with Crippen LogP contribution in [0.3, 0.4) is 0 Å². The molecule has 0 spiro atoms. The Labute approximate surface area is 224 Å². The predicted octanol–water partition coefficient (Wildman–Crippen LogP) is 4.13. The molecule has 0 radical (unpaired) electrons. The average molecular weight is 529 g/mol. The number of anilines is 2. The topological polar surface area (TPSA) is 144 Å². The van der Waals surface area contributed by atoms with Gasteiger partial charge in [-0.15, -0.1) is 0 Å². The number of primary amides is 1. The first-order valence-electron chi connectivity index (χ1n) is 12.4. The molecule has 9 nitrogen and oxygen atoms in total. The molecule has 5 N–H and O–H groups in total. The fourth-order valence-electron chi connectivity index (χ4n) is 4.83. The molecule has 0 aliphatic heterocycles. The molecule has 1 aliphatic rings. The van der Waals surface area contributed by atoms with Gasteiger partial charge >= 0.3 is 0 Å². The molecule has 0 bridgehead atoms. The second kappa shape index (κ2) is 10.6. The molecule has 2 heterocycles. The highest BCUT2D eigenvalue weighted by atomic mass is 32.1. The summed E-state index contributed by atoms with van der Waals surface area (Å²) in [5.74, 6) is -1.71. The van der Waals surface area contributed by atoms with Crippen LogP contribution in [0.2, 0.25) is 0 Å². The quantitative estimate of drug-likeness (QED) is 0.329. The van der Waals surface area contributed by atoms with E-state index in [1.807, 2.05) is 61.5 Å². The highest BCUT2D eigenvalue weighted by Gasteiger charge is 2.37. The van der Waals surface area contributed by atoms with E-state index in [2.05, 4.69) is 14.7 Å². The summed E-state index contributed by atoms with van der Waals surface area (Å²) in [4.78, 5) is 46.0. The standard InChI is InChI=1S/C28H28N6O3S/c1-16-10-12-17(13-11-16)24(27(36)32-19-7-3-4-8-19)34(20-14-18-6-2-5-9-21(18)31-15-20)28(37)25-22(29)23(26(30)35)33-38-25/h2,5-6,9-15,19,24H,3-4,7-8,29H2,1H3,(H2,30,35)(H,32,36)/t24-/m0/s1. The van der Waals surface area contributed by atoms with E-state index in [4.69, 9.17) is 11.5 Å². The molecular formula is C28H28N6O3S. The molecule has 0 saturated heterocycles. The molecule has 2 aromatic heterocycles. The van der Waals surface area contributed by atoms with E-state index in [1.54, 1.807) is 6.20 Å². The summed E-state index contributed by atoms with van der Waals surface area (Å²) in [6.07, 6.45) is 5.44. The Kier molecular flexibility index (Phi) is 7.06. The fourth-order valence-corrected chi connectivity index (χ4v) is 5.57. The Morgan fingerprint density at radius 3 is 2.47 bits per heavy atom. The Balaban J connectivity index is 1.67. The first kappa shape index (κ1) is 25.3. The zero-order chi connectivity index (χ0) is 26.8. The minimum absolute atomic E-state index is 0.0257.